The first-order valence-corrected chi connectivity index (χ1v) is 11.9. The van der Waals surface area contributed by atoms with Crippen molar-refractivity contribution in [2.45, 2.75) is 45.7 Å². The molecule has 5 rings (SSSR count). The molecule has 1 aliphatic carbocycles. The minimum absolute atomic E-state index is 0.0876. The lowest BCUT2D eigenvalue weighted by Crippen LogP contribution is -2.20. The third kappa shape index (κ3) is 4.98. The van der Waals surface area contributed by atoms with Gasteiger partial charge in [0, 0.05) is 17.6 Å². The molecule has 36 heavy (non-hydrogen) atoms. The van der Waals surface area contributed by atoms with Gasteiger partial charge in [0.15, 0.2) is 0 Å². The van der Waals surface area contributed by atoms with E-state index in [-0.39, 0.29) is 16.8 Å². The summed E-state index contributed by atoms with van der Waals surface area (Å²) < 4.78 is 30.1. The third-order valence-electron chi connectivity index (χ3n) is 6.11. The summed E-state index contributed by atoms with van der Waals surface area (Å²) in [7, 11) is 0. The molecule has 0 aliphatic heterocycles. The van der Waals surface area contributed by atoms with Crippen LogP contribution in [0.5, 0.6) is 0 Å². The van der Waals surface area contributed by atoms with E-state index < -0.39 is 12.0 Å². The quantitative estimate of drug-likeness (QED) is 0.312. The largest absolute Gasteiger partial charge is 0.383 e. The van der Waals surface area contributed by atoms with Gasteiger partial charge in [0.05, 0.1) is 29.5 Å². The number of hydrogen-bond donors (Lipinski definition) is 2. The van der Waals surface area contributed by atoms with Gasteiger partial charge in [-0.1, -0.05) is 38.1 Å². The van der Waals surface area contributed by atoms with Gasteiger partial charge in [-0.05, 0) is 54.2 Å². The van der Waals surface area contributed by atoms with Crippen molar-refractivity contribution in [1.29, 1.82) is 5.26 Å². The fraction of sp³-hybridized carbons (Fsp3) is 0.333. The fourth-order valence-corrected chi connectivity index (χ4v) is 4.05. The maximum absolute atomic E-state index is 14.6. The molecule has 2 heterocycles. The van der Waals surface area contributed by atoms with Crippen LogP contribution in [0.1, 0.15) is 62.5 Å². The van der Waals surface area contributed by atoms with Crippen LogP contribution in [-0.2, 0) is 0 Å². The molecule has 2 N–H and O–H groups in total. The van der Waals surface area contributed by atoms with Crippen molar-refractivity contribution >= 4 is 22.3 Å². The van der Waals surface area contributed by atoms with E-state index in [9.17, 15) is 14.0 Å². The molecule has 0 radical (unpaired) electrons. The van der Waals surface area contributed by atoms with Crippen molar-refractivity contribution in [3.05, 3.63) is 77.2 Å². The number of nitrogens with one attached hydrogen (secondary N) is 2. The van der Waals surface area contributed by atoms with E-state index in [1.807, 2.05) is 23.0 Å². The average Bonchev–Trinajstić information content (AvgIpc) is 3.58. The maximum Gasteiger partial charge on any atom is 0.233 e. The zero-order valence-electron chi connectivity index (χ0n) is 20.4. The molecule has 2 aromatic heterocycles. The van der Waals surface area contributed by atoms with Gasteiger partial charge in [0.25, 0.3) is 0 Å². The van der Waals surface area contributed by atoms with Crippen molar-refractivity contribution in [2.75, 3.05) is 17.2 Å². The number of benzene rings is 2. The monoisotopic (exact) mass is 487 g/mol. The van der Waals surface area contributed by atoms with Crippen LogP contribution in [0.25, 0.3) is 10.9 Å². The topological polar surface area (TPSA) is 91.5 Å². The second kappa shape index (κ2) is 9.19. The van der Waals surface area contributed by atoms with Crippen LogP contribution < -0.4 is 10.6 Å². The van der Waals surface area contributed by atoms with Crippen LogP contribution in [0.15, 0.2) is 48.7 Å². The molecule has 7 nitrogen and oxygen atoms in total. The highest BCUT2D eigenvalue weighted by Gasteiger charge is 2.27. The van der Waals surface area contributed by atoms with Gasteiger partial charge in [-0.2, -0.15) is 9.65 Å². The van der Waals surface area contributed by atoms with Gasteiger partial charge in [-0.25, -0.2) is 14.1 Å². The zero-order chi connectivity index (χ0) is 25.4. The number of pyridine rings is 1. The summed E-state index contributed by atoms with van der Waals surface area (Å²) >= 11 is 0. The summed E-state index contributed by atoms with van der Waals surface area (Å²) in [5, 5.41) is 25.7. The number of fused-ring (bicyclic) bond motifs is 1. The van der Waals surface area contributed by atoms with Crippen LogP contribution in [0.2, 0.25) is 0 Å². The highest BCUT2D eigenvalue weighted by atomic mass is 19.1. The van der Waals surface area contributed by atoms with Crippen molar-refractivity contribution in [3.63, 3.8) is 0 Å². The SMILES string of the molecule is CC(C)(C)CNc1c(C#N)c(F)nc2ccc(NC(c3ccc(F)cc3)c3cn(C4CC4)nn3)cc12. The van der Waals surface area contributed by atoms with E-state index in [0.717, 1.165) is 18.4 Å². The van der Waals surface area contributed by atoms with Crippen LogP contribution in [0.4, 0.5) is 20.2 Å². The van der Waals surface area contributed by atoms with Crippen LogP contribution in [0.3, 0.4) is 0 Å². The Balaban J connectivity index is 1.56. The van der Waals surface area contributed by atoms with Crippen LogP contribution in [-0.4, -0.2) is 26.5 Å². The summed E-state index contributed by atoms with van der Waals surface area (Å²) in [5.74, 6) is -1.13. The van der Waals surface area contributed by atoms with E-state index in [0.29, 0.717) is 40.6 Å². The van der Waals surface area contributed by atoms with E-state index in [1.54, 1.807) is 24.3 Å². The number of hydrogen-bond acceptors (Lipinski definition) is 6. The molecule has 184 valence electrons. The van der Waals surface area contributed by atoms with E-state index in [2.05, 4.69) is 46.7 Å². The molecule has 1 unspecified atom stereocenters. The molecular weight excluding hydrogens is 460 g/mol. The number of rotatable bonds is 7. The minimum atomic E-state index is -0.803. The molecule has 0 amide bonds. The molecule has 2 aromatic carbocycles. The van der Waals surface area contributed by atoms with Gasteiger partial charge >= 0.3 is 0 Å². The van der Waals surface area contributed by atoms with Gasteiger partial charge in [0.2, 0.25) is 5.95 Å². The average molecular weight is 488 g/mol. The van der Waals surface area contributed by atoms with E-state index in [4.69, 9.17) is 0 Å². The number of halogens is 2. The third-order valence-corrected chi connectivity index (χ3v) is 6.11. The predicted octanol–water partition coefficient (Wildman–Crippen LogP) is 5.97. The fourth-order valence-electron chi connectivity index (χ4n) is 4.05. The summed E-state index contributed by atoms with van der Waals surface area (Å²) in [4.78, 5) is 4.00. The molecule has 1 saturated carbocycles. The Bertz CT molecular complexity index is 1440. The number of nitrogens with zero attached hydrogens (tertiary/aromatic N) is 5. The Morgan fingerprint density at radius 2 is 1.89 bits per heavy atom. The second-order valence-electron chi connectivity index (χ2n) is 10.4. The van der Waals surface area contributed by atoms with Gasteiger partial charge in [0.1, 0.15) is 23.1 Å². The Morgan fingerprint density at radius 3 is 2.56 bits per heavy atom. The second-order valence-corrected chi connectivity index (χ2v) is 10.4. The molecule has 1 aliphatic rings. The Hall–Kier alpha value is -4.06. The smallest absolute Gasteiger partial charge is 0.233 e. The Kier molecular flexibility index (Phi) is 6.04. The van der Waals surface area contributed by atoms with Gasteiger partial charge < -0.3 is 10.6 Å². The Labute approximate surface area is 208 Å². The lowest BCUT2D eigenvalue weighted by atomic mass is 9.96. The number of aromatic nitrogens is 4. The summed E-state index contributed by atoms with van der Waals surface area (Å²) in [6.07, 6.45) is 4.08. The molecular formula is C27H27F2N7. The molecule has 0 saturated heterocycles. The molecule has 4 aromatic rings. The first kappa shape index (κ1) is 23.7. The van der Waals surface area contributed by atoms with Crippen molar-refractivity contribution in [1.82, 2.24) is 20.0 Å². The van der Waals surface area contributed by atoms with Gasteiger partial charge in [-0.15, -0.1) is 5.10 Å². The predicted molar refractivity (Wildman–Crippen MR) is 135 cm³/mol. The standard InChI is InChI=1S/C27H27F2N7/c1-27(2,3)15-31-25-20-12-18(8-11-22(20)33-26(29)21(25)13-30)32-24(16-4-6-17(28)7-5-16)23-14-36(35-34-23)19-9-10-19/h4-8,11-12,14,19,24,32H,9-10,15H2,1-3H3,(H,31,33). The molecule has 1 fully saturated rings. The highest BCUT2D eigenvalue weighted by Crippen LogP contribution is 2.36. The zero-order valence-corrected chi connectivity index (χ0v) is 20.4. The first-order valence-electron chi connectivity index (χ1n) is 11.9. The number of nitriles is 1. The lowest BCUT2D eigenvalue weighted by molar-refractivity contribution is 0.443. The van der Waals surface area contributed by atoms with E-state index in [1.165, 1.54) is 12.1 Å². The maximum atomic E-state index is 14.6. The van der Waals surface area contributed by atoms with Gasteiger partial charge in [-0.3, -0.25) is 0 Å². The molecule has 0 bridgehead atoms. The van der Waals surface area contributed by atoms with Crippen molar-refractivity contribution in [2.24, 2.45) is 5.41 Å². The van der Waals surface area contributed by atoms with Crippen molar-refractivity contribution < 1.29 is 8.78 Å². The highest BCUT2D eigenvalue weighted by molar-refractivity contribution is 5.96. The van der Waals surface area contributed by atoms with Crippen LogP contribution in [0, 0.1) is 28.5 Å². The molecule has 9 heteroatoms. The minimum Gasteiger partial charge on any atom is -0.383 e. The lowest BCUT2D eigenvalue weighted by Gasteiger charge is -2.22. The summed E-state index contributed by atoms with van der Waals surface area (Å²) in [6.45, 7) is 6.71. The van der Waals surface area contributed by atoms with Crippen molar-refractivity contribution in [3.8, 4) is 6.07 Å². The van der Waals surface area contributed by atoms with E-state index >= 15 is 0 Å². The number of anilines is 2. The normalized spacial score (nSPS) is 14.4. The first-order chi connectivity index (χ1) is 17.2. The summed E-state index contributed by atoms with van der Waals surface area (Å²) in [6, 6.07) is 13.5. The summed E-state index contributed by atoms with van der Waals surface area (Å²) in [5.41, 5.74) is 2.88. The Morgan fingerprint density at radius 1 is 1.14 bits per heavy atom. The molecule has 0 spiro atoms. The van der Waals surface area contributed by atoms with Crippen LogP contribution >= 0.6 is 0 Å². The molecule has 1 atom stereocenters.